The zero-order chi connectivity index (χ0) is 17.9. The largest absolute Gasteiger partial charge is 0.376 e. The van der Waals surface area contributed by atoms with E-state index in [2.05, 4.69) is 19.9 Å². The predicted octanol–water partition coefficient (Wildman–Crippen LogP) is 3.80. The van der Waals surface area contributed by atoms with Crippen molar-refractivity contribution in [2.24, 2.45) is 7.05 Å². The second-order valence-electron chi connectivity index (χ2n) is 6.33. The molecule has 6 nitrogen and oxygen atoms in total. The number of hydrogen-bond acceptors (Lipinski definition) is 5. The van der Waals surface area contributed by atoms with Gasteiger partial charge in [0.05, 0.1) is 24.4 Å². The highest BCUT2D eigenvalue weighted by atomic mass is 35.5. The van der Waals surface area contributed by atoms with Gasteiger partial charge in [0.25, 0.3) is 0 Å². The molecule has 1 saturated heterocycles. The third-order valence-electron chi connectivity index (χ3n) is 4.40. The molecule has 0 radical (unpaired) electrons. The van der Waals surface area contributed by atoms with Gasteiger partial charge in [-0.05, 0) is 24.5 Å². The molecule has 1 atom stereocenters. The minimum Gasteiger partial charge on any atom is -0.376 e. The molecule has 0 unspecified atom stereocenters. The summed E-state index contributed by atoms with van der Waals surface area (Å²) in [5.41, 5.74) is 2.05. The summed E-state index contributed by atoms with van der Waals surface area (Å²) in [5, 5.41) is 14.8. The number of ether oxygens (including phenoxy) is 1. The number of rotatable bonds is 6. The Labute approximate surface area is 161 Å². The summed E-state index contributed by atoms with van der Waals surface area (Å²) in [4.78, 5) is 0. The summed E-state index contributed by atoms with van der Waals surface area (Å²) in [7, 11) is 1.90. The molecule has 8 heteroatoms. The first-order valence-electron chi connectivity index (χ1n) is 8.61. The fraction of sp³-hybridized carbons (Fsp3) is 0.389. The minimum atomic E-state index is 0.209. The molecular formula is C18H20ClN5OS. The second-order valence-corrected chi connectivity index (χ2v) is 7.68. The van der Waals surface area contributed by atoms with Crippen molar-refractivity contribution in [3.05, 3.63) is 47.2 Å². The third-order valence-corrected chi connectivity index (χ3v) is 5.79. The van der Waals surface area contributed by atoms with Crippen LogP contribution in [0.3, 0.4) is 0 Å². The average molecular weight is 390 g/mol. The maximum atomic E-state index is 6.28. The molecule has 0 spiro atoms. The van der Waals surface area contributed by atoms with Gasteiger partial charge in [0, 0.05) is 30.6 Å². The highest BCUT2D eigenvalue weighted by Gasteiger charge is 2.22. The van der Waals surface area contributed by atoms with Crippen molar-refractivity contribution in [2.75, 3.05) is 6.61 Å². The summed E-state index contributed by atoms with van der Waals surface area (Å²) >= 11 is 7.93. The van der Waals surface area contributed by atoms with E-state index in [1.54, 1.807) is 16.4 Å². The molecule has 1 fully saturated rings. The van der Waals surface area contributed by atoms with Crippen LogP contribution in [0.2, 0.25) is 5.02 Å². The van der Waals surface area contributed by atoms with Crippen molar-refractivity contribution in [1.29, 1.82) is 0 Å². The molecule has 3 heterocycles. The van der Waals surface area contributed by atoms with Crippen LogP contribution in [0.25, 0.3) is 11.4 Å². The van der Waals surface area contributed by atoms with E-state index in [1.807, 2.05) is 43.7 Å². The zero-order valence-corrected chi connectivity index (χ0v) is 16.1. The molecule has 4 rings (SSSR count). The predicted molar refractivity (Wildman–Crippen MR) is 102 cm³/mol. The number of thioether (sulfide) groups is 1. The van der Waals surface area contributed by atoms with Gasteiger partial charge in [-0.2, -0.15) is 5.10 Å². The fourth-order valence-electron chi connectivity index (χ4n) is 3.06. The van der Waals surface area contributed by atoms with E-state index in [9.17, 15) is 0 Å². The van der Waals surface area contributed by atoms with Crippen LogP contribution in [-0.2, 0) is 24.1 Å². The van der Waals surface area contributed by atoms with E-state index in [0.29, 0.717) is 0 Å². The minimum absolute atomic E-state index is 0.209. The first-order valence-corrected chi connectivity index (χ1v) is 9.97. The summed E-state index contributed by atoms with van der Waals surface area (Å²) in [6.45, 7) is 1.58. The lowest BCUT2D eigenvalue weighted by Crippen LogP contribution is -2.16. The van der Waals surface area contributed by atoms with E-state index in [0.717, 1.165) is 58.9 Å². The van der Waals surface area contributed by atoms with Crippen LogP contribution in [0, 0.1) is 0 Å². The van der Waals surface area contributed by atoms with E-state index in [-0.39, 0.29) is 6.10 Å². The van der Waals surface area contributed by atoms with E-state index in [1.165, 1.54) is 0 Å². The van der Waals surface area contributed by atoms with Crippen LogP contribution in [0.5, 0.6) is 0 Å². The molecule has 26 heavy (non-hydrogen) atoms. The lowest BCUT2D eigenvalue weighted by molar-refractivity contribution is 0.0953. The van der Waals surface area contributed by atoms with Gasteiger partial charge in [0.2, 0.25) is 0 Å². The van der Waals surface area contributed by atoms with Gasteiger partial charge >= 0.3 is 0 Å². The first-order chi connectivity index (χ1) is 12.7. The van der Waals surface area contributed by atoms with Gasteiger partial charge < -0.3 is 4.74 Å². The van der Waals surface area contributed by atoms with Crippen LogP contribution in [0.4, 0.5) is 0 Å². The van der Waals surface area contributed by atoms with Crippen LogP contribution < -0.4 is 0 Å². The number of aromatic nitrogens is 5. The normalized spacial score (nSPS) is 17.1. The monoisotopic (exact) mass is 389 g/mol. The Morgan fingerprint density at radius 1 is 1.31 bits per heavy atom. The summed E-state index contributed by atoms with van der Waals surface area (Å²) in [5.74, 6) is 1.58. The van der Waals surface area contributed by atoms with Crippen molar-refractivity contribution in [3.8, 4) is 11.4 Å². The van der Waals surface area contributed by atoms with Crippen LogP contribution >= 0.6 is 23.4 Å². The Morgan fingerprint density at radius 3 is 2.92 bits per heavy atom. The van der Waals surface area contributed by atoms with E-state index < -0.39 is 0 Å². The van der Waals surface area contributed by atoms with Crippen molar-refractivity contribution in [3.63, 3.8) is 0 Å². The highest BCUT2D eigenvalue weighted by molar-refractivity contribution is 7.98. The lowest BCUT2D eigenvalue weighted by Gasteiger charge is -2.14. The second kappa shape index (κ2) is 7.82. The molecule has 136 valence electrons. The van der Waals surface area contributed by atoms with Crippen molar-refractivity contribution in [2.45, 2.75) is 36.4 Å². The Bertz CT molecular complexity index is 887. The molecule has 2 aromatic heterocycles. The molecule has 0 N–H and O–H groups in total. The SMILES string of the molecule is Cn1cc(-c2nnc(SCc3ccccc3Cl)n2C[C@@H]2CCCO2)cn1. The van der Waals surface area contributed by atoms with Gasteiger partial charge in [0.1, 0.15) is 0 Å². The standard InChI is InChI=1S/C18H20ClN5OS/c1-23-10-14(9-20-23)17-21-22-18(24(17)11-15-6-4-8-25-15)26-12-13-5-2-3-7-16(13)19/h2-3,5,7,9-10,15H,4,6,8,11-12H2,1H3/t15-/m0/s1. The van der Waals surface area contributed by atoms with E-state index in [4.69, 9.17) is 16.3 Å². The maximum absolute atomic E-state index is 6.28. The van der Waals surface area contributed by atoms with Crippen molar-refractivity contribution in [1.82, 2.24) is 24.5 Å². The number of aryl methyl sites for hydroxylation is 1. The maximum Gasteiger partial charge on any atom is 0.191 e. The number of hydrogen-bond donors (Lipinski definition) is 0. The van der Waals surface area contributed by atoms with Gasteiger partial charge in [-0.3, -0.25) is 9.25 Å². The molecule has 1 aliphatic rings. The Morgan fingerprint density at radius 2 is 2.19 bits per heavy atom. The molecular weight excluding hydrogens is 370 g/mol. The molecule has 0 saturated carbocycles. The lowest BCUT2D eigenvalue weighted by atomic mass is 10.2. The summed E-state index contributed by atoms with van der Waals surface area (Å²) < 4.78 is 9.75. The Kier molecular flexibility index (Phi) is 5.28. The smallest absolute Gasteiger partial charge is 0.191 e. The molecule has 1 aliphatic heterocycles. The molecule has 3 aromatic rings. The fourth-order valence-corrected chi connectivity index (χ4v) is 4.29. The van der Waals surface area contributed by atoms with Gasteiger partial charge in [-0.15, -0.1) is 10.2 Å². The molecule has 0 amide bonds. The van der Waals surface area contributed by atoms with Crippen molar-refractivity contribution >= 4 is 23.4 Å². The summed E-state index contributed by atoms with van der Waals surface area (Å²) in [6, 6.07) is 7.89. The number of benzene rings is 1. The van der Waals surface area contributed by atoms with Crippen molar-refractivity contribution < 1.29 is 4.74 Å². The quantitative estimate of drug-likeness (QED) is 0.600. The summed E-state index contributed by atoms with van der Waals surface area (Å²) in [6.07, 6.45) is 6.16. The zero-order valence-electron chi connectivity index (χ0n) is 14.5. The van der Waals surface area contributed by atoms with E-state index >= 15 is 0 Å². The highest BCUT2D eigenvalue weighted by Crippen LogP contribution is 2.29. The molecule has 0 bridgehead atoms. The third kappa shape index (κ3) is 3.79. The van der Waals surface area contributed by atoms with Crippen LogP contribution in [0.1, 0.15) is 18.4 Å². The number of nitrogens with zero attached hydrogens (tertiary/aromatic N) is 5. The van der Waals surface area contributed by atoms with Gasteiger partial charge in [-0.25, -0.2) is 0 Å². The first kappa shape index (κ1) is 17.6. The number of halogens is 1. The Balaban J connectivity index is 1.60. The van der Waals surface area contributed by atoms with Crippen LogP contribution in [0.15, 0.2) is 41.8 Å². The average Bonchev–Trinajstić information content (AvgIpc) is 3.37. The topological polar surface area (TPSA) is 57.8 Å². The molecule has 1 aromatic carbocycles. The van der Waals surface area contributed by atoms with Gasteiger partial charge in [0.15, 0.2) is 11.0 Å². The Hall–Kier alpha value is -1.83. The van der Waals surface area contributed by atoms with Crippen LogP contribution in [-0.4, -0.2) is 37.3 Å². The molecule has 0 aliphatic carbocycles. The van der Waals surface area contributed by atoms with Gasteiger partial charge in [-0.1, -0.05) is 41.6 Å².